The molecule has 3 aromatic rings. The van der Waals surface area contributed by atoms with Gasteiger partial charge in [-0.3, -0.25) is 4.72 Å². The summed E-state index contributed by atoms with van der Waals surface area (Å²) in [5.41, 5.74) is 3.24. The Morgan fingerprint density at radius 3 is 2.47 bits per heavy atom. The van der Waals surface area contributed by atoms with Crippen LogP contribution in [0.5, 0.6) is 5.75 Å². The van der Waals surface area contributed by atoms with Crippen LogP contribution in [0.25, 0.3) is 11.1 Å². The van der Waals surface area contributed by atoms with E-state index in [2.05, 4.69) is 4.72 Å². The number of benzene rings is 3. The van der Waals surface area contributed by atoms with E-state index < -0.39 is 27.9 Å². The molecule has 0 bridgehead atoms. The van der Waals surface area contributed by atoms with Crippen molar-refractivity contribution in [3.05, 3.63) is 83.4 Å². The Morgan fingerprint density at radius 1 is 1.00 bits per heavy atom. The molecule has 0 aliphatic carbocycles. The van der Waals surface area contributed by atoms with E-state index in [9.17, 15) is 17.2 Å². The van der Waals surface area contributed by atoms with Crippen molar-refractivity contribution in [2.75, 3.05) is 17.6 Å². The van der Waals surface area contributed by atoms with Crippen LogP contribution in [-0.4, -0.2) is 21.3 Å². The van der Waals surface area contributed by atoms with Crippen molar-refractivity contribution < 1.29 is 26.7 Å². The second kappa shape index (κ2) is 8.04. The quantitative estimate of drug-likeness (QED) is 0.617. The molecule has 156 valence electrons. The number of rotatable bonds is 6. The standard InChI is InChI=1S/C22H19F2NO4S/c1-30(26,27)25-17-6-7-18-19-4-2-3-5-21(19)29-22(20(18)13-17)28-9-8-14-10-15(23)12-16(24)11-14/h2-7,10-13,22,25H,8-9H2,1H3. The maximum Gasteiger partial charge on any atom is 0.229 e. The molecule has 0 aromatic heterocycles. The molecule has 1 aliphatic heterocycles. The van der Waals surface area contributed by atoms with Gasteiger partial charge in [-0.05, 0) is 47.9 Å². The fourth-order valence-electron chi connectivity index (χ4n) is 3.41. The van der Waals surface area contributed by atoms with Crippen molar-refractivity contribution in [2.24, 2.45) is 0 Å². The molecule has 1 atom stereocenters. The van der Waals surface area contributed by atoms with E-state index in [0.717, 1.165) is 23.4 Å². The SMILES string of the molecule is CS(=O)(=O)Nc1ccc2c(c1)C(OCCc1cc(F)cc(F)c1)Oc1ccccc1-2. The lowest BCUT2D eigenvalue weighted by Crippen LogP contribution is -2.19. The van der Waals surface area contributed by atoms with Crippen molar-refractivity contribution in [3.63, 3.8) is 0 Å². The van der Waals surface area contributed by atoms with Gasteiger partial charge in [0.2, 0.25) is 16.3 Å². The minimum atomic E-state index is -3.45. The molecule has 30 heavy (non-hydrogen) atoms. The first kappa shape index (κ1) is 20.3. The molecule has 0 radical (unpaired) electrons. The van der Waals surface area contributed by atoms with Gasteiger partial charge in [0.15, 0.2) is 0 Å². The average Bonchev–Trinajstić information content (AvgIpc) is 2.66. The van der Waals surface area contributed by atoms with Crippen LogP contribution < -0.4 is 9.46 Å². The van der Waals surface area contributed by atoms with Gasteiger partial charge >= 0.3 is 0 Å². The molecule has 0 fully saturated rings. The molecule has 1 unspecified atom stereocenters. The molecule has 8 heteroatoms. The number of para-hydroxylation sites is 1. The number of ether oxygens (including phenoxy) is 2. The summed E-state index contributed by atoms with van der Waals surface area (Å²) < 4.78 is 64.3. The van der Waals surface area contributed by atoms with E-state index in [4.69, 9.17) is 9.47 Å². The lowest BCUT2D eigenvalue weighted by molar-refractivity contribution is -0.0839. The Balaban J connectivity index is 1.60. The van der Waals surface area contributed by atoms with E-state index in [1.165, 1.54) is 12.1 Å². The molecule has 1 aliphatic rings. The highest BCUT2D eigenvalue weighted by molar-refractivity contribution is 7.92. The average molecular weight is 431 g/mol. The van der Waals surface area contributed by atoms with Crippen LogP contribution in [0, 0.1) is 11.6 Å². The van der Waals surface area contributed by atoms with E-state index in [0.29, 0.717) is 22.6 Å². The molecule has 0 saturated carbocycles. The molecule has 1 heterocycles. The Kier molecular flexibility index (Phi) is 5.44. The third-order valence-corrected chi connectivity index (χ3v) is 5.21. The zero-order valence-corrected chi connectivity index (χ0v) is 16.9. The van der Waals surface area contributed by atoms with Crippen LogP contribution in [0.2, 0.25) is 0 Å². The number of anilines is 1. The van der Waals surface area contributed by atoms with Crippen molar-refractivity contribution in [1.29, 1.82) is 0 Å². The molecule has 5 nitrogen and oxygen atoms in total. The molecule has 1 N–H and O–H groups in total. The maximum absolute atomic E-state index is 13.4. The maximum atomic E-state index is 13.4. The van der Waals surface area contributed by atoms with Crippen LogP contribution in [0.3, 0.4) is 0 Å². The Labute approximate surface area is 173 Å². The van der Waals surface area contributed by atoms with Crippen molar-refractivity contribution in [1.82, 2.24) is 0 Å². The zero-order valence-electron chi connectivity index (χ0n) is 16.1. The van der Waals surface area contributed by atoms with Gasteiger partial charge in [0.1, 0.15) is 17.4 Å². The summed E-state index contributed by atoms with van der Waals surface area (Å²) in [5.74, 6) is -0.653. The summed E-state index contributed by atoms with van der Waals surface area (Å²) in [6, 6.07) is 15.9. The van der Waals surface area contributed by atoms with Gasteiger partial charge in [-0.2, -0.15) is 0 Å². The highest BCUT2D eigenvalue weighted by Gasteiger charge is 2.27. The fourth-order valence-corrected chi connectivity index (χ4v) is 3.97. The number of hydrogen-bond donors (Lipinski definition) is 1. The summed E-state index contributed by atoms with van der Waals surface area (Å²) in [7, 11) is -3.45. The Bertz CT molecular complexity index is 1180. The number of nitrogens with one attached hydrogen (secondary N) is 1. The monoisotopic (exact) mass is 431 g/mol. The molecule has 0 amide bonds. The van der Waals surface area contributed by atoms with Gasteiger partial charge in [0.25, 0.3) is 0 Å². The van der Waals surface area contributed by atoms with Crippen molar-refractivity contribution >= 4 is 15.7 Å². The first-order chi connectivity index (χ1) is 14.3. The molecule has 0 saturated heterocycles. The second-order valence-corrected chi connectivity index (χ2v) is 8.77. The summed E-state index contributed by atoms with van der Waals surface area (Å²) in [5, 5.41) is 0. The Hall–Kier alpha value is -2.97. The normalized spacial score (nSPS) is 15.1. The minimum absolute atomic E-state index is 0.152. The molecular weight excluding hydrogens is 412 g/mol. The predicted molar refractivity (Wildman–Crippen MR) is 110 cm³/mol. The van der Waals surface area contributed by atoms with Gasteiger partial charge in [-0.25, -0.2) is 17.2 Å². The van der Waals surface area contributed by atoms with E-state index in [-0.39, 0.29) is 13.0 Å². The van der Waals surface area contributed by atoms with Gasteiger partial charge < -0.3 is 9.47 Å². The van der Waals surface area contributed by atoms with Crippen LogP contribution in [-0.2, 0) is 21.2 Å². The number of halogens is 2. The summed E-state index contributed by atoms with van der Waals surface area (Å²) in [4.78, 5) is 0. The van der Waals surface area contributed by atoms with Gasteiger partial charge in [0, 0.05) is 22.9 Å². The van der Waals surface area contributed by atoms with Gasteiger partial charge in [-0.1, -0.05) is 24.3 Å². The van der Waals surface area contributed by atoms with Crippen LogP contribution in [0.1, 0.15) is 17.4 Å². The van der Waals surface area contributed by atoms with Crippen LogP contribution >= 0.6 is 0 Å². The number of sulfonamides is 1. The van der Waals surface area contributed by atoms with E-state index >= 15 is 0 Å². The van der Waals surface area contributed by atoms with Crippen molar-refractivity contribution in [3.8, 4) is 16.9 Å². The Morgan fingerprint density at radius 2 is 1.73 bits per heavy atom. The minimum Gasteiger partial charge on any atom is -0.460 e. The van der Waals surface area contributed by atoms with Crippen LogP contribution in [0.15, 0.2) is 60.7 Å². The summed E-state index contributed by atoms with van der Waals surface area (Å²) in [6.45, 7) is 0.152. The van der Waals surface area contributed by atoms with E-state index in [1.807, 2.05) is 30.3 Å². The molecular formula is C22H19F2NO4S. The fraction of sp³-hybridized carbons (Fsp3) is 0.182. The lowest BCUT2D eigenvalue weighted by Gasteiger charge is -2.29. The molecule has 0 spiro atoms. The van der Waals surface area contributed by atoms with E-state index in [1.54, 1.807) is 12.1 Å². The first-order valence-electron chi connectivity index (χ1n) is 9.23. The zero-order chi connectivity index (χ0) is 21.3. The largest absolute Gasteiger partial charge is 0.460 e. The third kappa shape index (κ3) is 4.60. The summed E-state index contributed by atoms with van der Waals surface area (Å²) in [6.07, 6.45) is 0.562. The highest BCUT2D eigenvalue weighted by Crippen LogP contribution is 2.43. The first-order valence-corrected chi connectivity index (χ1v) is 11.1. The lowest BCUT2D eigenvalue weighted by atomic mass is 9.95. The van der Waals surface area contributed by atoms with Gasteiger partial charge in [-0.15, -0.1) is 0 Å². The van der Waals surface area contributed by atoms with Gasteiger partial charge in [0.05, 0.1) is 12.9 Å². The third-order valence-electron chi connectivity index (χ3n) is 4.60. The smallest absolute Gasteiger partial charge is 0.229 e. The molecule has 4 rings (SSSR count). The predicted octanol–water partition coefficient (Wildman–Crippen LogP) is 4.65. The topological polar surface area (TPSA) is 64.6 Å². The van der Waals surface area contributed by atoms with Crippen molar-refractivity contribution in [2.45, 2.75) is 12.7 Å². The summed E-state index contributed by atoms with van der Waals surface area (Å²) >= 11 is 0. The second-order valence-electron chi connectivity index (χ2n) is 7.02. The molecule has 3 aromatic carbocycles. The number of hydrogen-bond acceptors (Lipinski definition) is 4. The number of fused-ring (bicyclic) bond motifs is 3. The highest BCUT2D eigenvalue weighted by atomic mass is 32.2. The van der Waals surface area contributed by atoms with Crippen LogP contribution in [0.4, 0.5) is 14.5 Å².